The lowest BCUT2D eigenvalue weighted by molar-refractivity contribution is -0.274. The first-order chi connectivity index (χ1) is 19.3. The van der Waals surface area contributed by atoms with Crippen LogP contribution in [-0.4, -0.2) is 42.0 Å². The first-order valence-corrected chi connectivity index (χ1v) is 13.8. The largest absolute Gasteiger partial charge is 0.573 e. The number of aldehydes is 1. The van der Waals surface area contributed by atoms with Crippen molar-refractivity contribution in [1.82, 2.24) is 10.1 Å². The first-order valence-electron chi connectivity index (χ1n) is 13.0. The number of halogens is 4. The maximum Gasteiger partial charge on any atom is 0.573 e. The summed E-state index contributed by atoms with van der Waals surface area (Å²) in [5.74, 6) is 0.462. The normalized spacial score (nSPS) is 22.4. The van der Waals surface area contributed by atoms with Crippen LogP contribution >= 0.6 is 11.3 Å². The van der Waals surface area contributed by atoms with E-state index in [1.807, 2.05) is 0 Å². The molecule has 0 N–H and O–H groups in total. The molecule has 4 fully saturated rings. The molecule has 2 aromatic heterocycles. The van der Waals surface area contributed by atoms with Crippen LogP contribution in [0.2, 0.25) is 0 Å². The lowest BCUT2D eigenvalue weighted by Crippen LogP contribution is -2.59. The lowest BCUT2D eigenvalue weighted by Gasteiger charge is -2.53. The molecule has 2 saturated carbocycles. The zero-order valence-electron chi connectivity index (χ0n) is 21.0. The topological polar surface area (TPSA) is 77.7 Å². The quantitative estimate of drug-likeness (QED) is 0.171. The number of para-hydroxylation sites is 1. The van der Waals surface area contributed by atoms with Gasteiger partial charge in [-0.2, -0.15) is 0 Å². The van der Waals surface area contributed by atoms with Crippen molar-refractivity contribution in [3.63, 3.8) is 0 Å². The molecule has 2 atom stereocenters. The minimum Gasteiger partial charge on any atom is -0.405 e. The van der Waals surface area contributed by atoms with Gasteiger partial charge in [-0.25, -0.2) is 9.37 Å². The average molecular weight is 574 g/mol. The highest BCUT2D eigenvalue weighted by atomic mass is 32.1. The van der Waals surface area contributed by atoms with Crippen molar-refractivity contribution in [2.24, 2.45) is 11.8 Å². The Morgan fingerprint density at radius 1 is 1.15 bits per heavy atom. The highest BCUT2D eigenvalue weighted by Crippen LogP contribution is 2.48. The lowest BCUT2D eigenvalue weighted by atomic mass is 9.68. The van der Waals surface area contributed by atoms with Crippen LogP contribution in [-0.2, 0) is 11.3 Å². The van der Waals surface area contributed by atoms with Gasteiger partial charge in [0.1, 0.15) is 29.0 Å². The SMILES string of the molecule is O=Cc1cc(F)c2nc(N3CC4CC(C3)C4OCc3c(-c4ccccc4OC(F)(F)F)noc3C3CC3)sc2c1. The van der Waals surface area contributed by atoms with Crippen LogP contribution in [0.25, 0.3) is 21.5 Å². The molecule has 2 bridgehead atoms. The van der Waals surface area contributed by atoms with Crippen LogP contribution in [0.5, 0.6) is 5.75 Å². The van der Waals surface area contributed by atoms with E-state index in [-0.39, 0.29) is 52.9 Å². The van der Waals surface area contributed by atoms with Crippen LogP contribution in [0, 0.1) is 17.7 Å². The number of carbonyl (C=O) groups is 1. The van der Waals surface area contributed by atoms with Crippen LogP contribution in [0.1, 0.15) is 46.9 Å². The second-order valence-corrected chi connectivity index (χ2v) is 11.6. The molecule has 0 radical (unpaired) electrons. The van der Waals surface area contributed by atoms with Crippen LogP contribution < -0.4 is 9.64 Å². The van der Waals surface area contributed by atoms with E-state index in [0.717, 1.165) is 19.3 Å². The molecule has 0 spiro atoms. The molecule has 2 aliphatic heterocycles. The summed E-state index contributed by atoms with van der Waals surface area (Å²) in [7, 11) is 0. The molecule has 4 heterocycles. The number of rotatable bonds is 8. The molecule has 2 saturated heterocycles. The van der Waals surface area contributed by atoms with E-state index in [9.17, 15) is 22.4 Å². The third kappa shape index (κ3) is 4.62. The summed E-state index contributed by atoms with van der Waals surface area (Å²) < 4.78 is 70.5. The van der Waals surface area contributed by atoms with Crippen molar-refractivity contribution in [1.29, 1.82) is 0 Å². The number of carbonyl (C=O) groups excluding carboxylic acids is 1. The summed E-state index contributed by atoms with van der Waals surface area (Å²) in [4.78, 5) is 17.7. The molecular formula is C28H23F4N3O4S. The van der Waals surface area contributed by atoms with Crippen molar-refractivity contribution in [2.75, 3.05) is 18.0 Å². The minimum absolute atomic E-state index is 0.0273. The molecule has 2 aromatic carbocycles. The summed E-state index contributed by atoms with van der Waals surface area (Å²) in [6.07, 6.45) is -1.38. The number of anilines is 1. The van der Waals surface area contributed by atoms with E-state index in [4.69, 9.17) is 9.26 Å². The number of benzene rings is 2. The number of piperidine rings is 2. The van der Waals surface area contributed by atoms with Gasteiger partial charge in [-0.3, -0.25) is 4.79 Å². The van der Waals surface area contributed by atoms with E-state index < -0.39 is 12.2 Å². The molecule has 4 aromatic rings. The molecule has 4 aliphatic rings. The molecule has 208 valence electrons. The van der Waals surface area contributed by atoms with E-state index in [2.05, 4.69) is 19.8 Å². The van der Waals surface area contributed by atoms with Crippen molar-refractivity contribution in [2.45, 2.75) is 44.3 Å². The molecule has 2 aliphatic carbocycles. The maximum atomic E-state index is 14.4. The Morgan fingerprint density at radius 2 is 1.93 bits per heavy atom. The third-order valence-corrected chi connectivity index (χ3v) is 8.93. The average Bonchev–Trinajstić information content (AvgIpc) is 3.53. The number of alkyl halides is 3. The Labute approximate surface area is 229 Å². The van der Waals surface area contributed by atoms with E-state index in [1.54, 1.807) is 12.1 Å². The molecule has 0 amide bonds. The number of thiazole rings is 1. The molecular weight excluding hydrogens is 550 g/mol. The van der Waals surface area contributed by atoms with E-state index in [1.165, 1.54) is 35.6 Å². The number of hydrogen-bond donors (Lipinski definition) is 0. The maximum absolute atomic E-state index is 14.4. The Morgan fingerprint density at radius 3 is 2.65 bits per heavy atom. The highest BCUT2D eigenvalue weighted by molar-refractivity contribution is 7.22. The molecule has 40 heavy (non-hydrogen) atoms. The summed E-state index contributed by atoms with van der Waals surface area (Å²) in [5, 5.41) is 4.87. The number of fused-ring (bicyclic) bond motifs is 3. The second kappa shape index (κ2) is 9.55. The van der Waals surface area contributed by atoms with Gasteiger partial charge in [0.15, 0.2) is 10.9 Å². The fraction of sp³-hybridized carbons (Fsp3) is 0.393. The van der Waals surface area contributed by atoms with Crippen molar-refractivity contribution >= 4 is 33.0 Å². The summed E-state index contributed by atoms with van der Waals surface area (Å²) in [6.45, 7) is 1.55. The van der Waals surface area contributed by atoms with Gasteiger partial charge in [-0.1, -0.05) is 28.6 Å². The van der Waals surface area contributed by atoms with Gasteiger partial charge < -0.3 is 18.9 Å². The van der Waals surface area contributed by atoms with E-state index in [0.29, 0.717) is 46.2 Å². The number of nitrogens with zero attached hydrogens (tertiary/aromatic N) is 3. The third-order valence-electron chi connectivity index (χ3n) is 7.87. The van der Waals surface area contributed by atoms with Crippen LogP contribution in [0.3, 0.4) is 0 Å². The zero-order chi connectivity index (χ0) is 27.6. The number of hydrogen-bond acceptors (Lipinski definition) is 8. The molecule has 8 rings (SSSR count). The Bertz CT molecular complexity index is 1590. The van der Waals surface area contributed by atoms with Gasteiger partial charge in [0.05, 0.1) is 17.4 Å². The summed E-state index contributed by atoms with van der Waals surface area (Å²) in [5.41, 5.74) is 1.71. The first kappa shape index (κ1) is 25.5. The molecule has 2 unspecified atom stereocenters. The predicted octanol–water partition coefficient (Wildman–Crippen LogP) is 6.72. The van der Waals surface area contributed by atoms with Crippen LogP contribution in [0.4, 0.5) is 22.7 Å². The Balaban J connectivity index is 1.09. The Hall–Kier alpha value is -3.51. The molecule has 12 heteroatoms. The van der Waals surface area contributed by atoms with Crippen molar-refractivity contribution in [3.8, 4) is 17.0 Å². The zero-order valence-corrected chi connectivity index (χ0v) is 21.8. The van der Waals surface area contributed by atoms with Crippen molar-refractivity contribution < 1.29 is 36.4 Å². The van der Waals surface area contributed by atoms with Gasteiger partial charge >= 0.3 is 6.36 Å². The minimum atomic E-state index is -4.84. The van der Waals surface area contributed by atoms with Gasteiger partial charge in [0, 0.05) is 47.5 Å². The van der Waals surface area contributed by atoms with Gasteiger partial charge in [-0.05, 0) is 43.5 Å². The fourth-order valence-electron chi connectivity index (χ4n) is 5.87. The van der Waals surface area contributed by atoms with Gasteiger partial charge in [0.2, 0.25) is 0 Å². The van der Waals surface area contributed by atoms with Crippen molar-refractivity contribution in [3.05, 3.63) is 59.1 Å². The van der Waals surface area contributed by atoms with Crippen LogP contribution in [0.15, 0.2) is 40.9 Å². The Kier molecular flexibility index (Phi) is 6.08. The smallest absolute Gasteiger partial charge is 0.405 e. The highest BCUT2D eigenvalue weighted by Gasteiger charge is 2.48. The monoisotopic (exact) mass is 573 g/mol. The number of ether oxygens (including phenoxy) is 2. The molecule has 7 nitrogen and oxygen atoms in total. The fourth-order valence-corrected chi connectivity index (χ4v) is 6.91. The van der Waals surface area contributed by atoms with Gasteiger partial charge in [0.25, 0.3) is 0 Å². The second-order valence-electron chi connectivity index (χ2n) is 10.6. The number of aromatic nitrogens is 2. The van der Waals surface area contributed by atoms with Gasteiger partial charge in [-0.15, -0.1) is 13.2 Å². The standard InChI is InChI=1S/C28H23F4N3O4S/c29-20-7-14(12-36)8-22-24(20)33-27(40-22)35-10-16-9-17(11-35)25(16)37-13-19-23(34-39-26(19)15-5-6-15)18-3-1-2-4-21(18)38-28(30,31)32/h1-4,7-8,12,15-17,25H,5-6,9-11,13H2. The summed E-state index contributed by atoms with van der Waals surface area (Å²) >= 11 is 1.36. The van der Waals surface area contributed by atoms with E-state index >= 15 is 0 Å². The predicted molar refractivity (Wildman–Crippen MR) is 138 cm³/mol. The summed E-state index contributed by atoms with van der Waals surface area (Å²) in [6, 6.07) is 8.75.